The fourth-order valence-electron chi connectivity index (χ4n) is 6.68. The highest BCUT2D eigenvalue weighted by Crippen LogP contribution is 2.41. The molecule has 3 aliphatic rings. The van der Waals surface area contributed by atoms with Crippen LogP contribution in [0.15, 0.2) is 4.99 Å². The van der Waals surface area contributed by atoms with Gasteiger partial charge in [-0.1, -0.05) is 26.7 Å². The molecule has 0 aromatic heterocycles. The second kappa shape index (κ2) is 14.6. The lowest BCUT2D eigenvalue weighted by Gasteiger charge is -2.44. The molecule has 6 N–H and O–H groups in total. The number of amides is 1. The first kappa shape index (κ1) is 32.3. The van der Waals surface area contributed by atoms with Crippen molar-refractivity contribution in [3.63, 3.8) is 0 Å². The number of sulfone groups is 1. The van der Waals surface area contributed by atoms with Gasteiger partial charge >= 0.3 is 0 Å². The summed E-state index contributed by atoms with van der Waals surface area (Å²) in [7, 11) is -1.68. The van der Waals surface area contributed by atoms with Gasteiger partial charge in [-0.3, -0.25) is 14.7 Å². The van der Waals surface area contributed by atoms with Gasteiger partial charge in [0.25, 0.3) is 0 Å². The molecule has 0 aromatic carbocycles. The Hall–Kier alpha value is -1.18. The minimum absolute atomic E-state index is 0.0467. The van der Waals surface area contributed by atoms with Crippen molar-refractivity contribution in [3.05, 3.63) is 0 Å². The number of hydrogen-bond donors (Lipinski definition) is 4. The number of nitrogens with two attached hydrogens (primary N) is 2. The molecule has 10 nitrogen and oxygen atoms in total. The first-order chi connectivity index (χ1) is 18.6. The number of halogens is 1. The summed E-state index contributed by atoms with van der Waals surface area (Å²) >= 11 is 0. The summed E-state index contributed by atoms with van der Waals surface area (Å²) < 4.78 is 44.8. The van der Waals surface area contributed by atoms with Crippen LogP contribution in [0.3, 0.4) is 0 Å². The van der Waals surface area contributed by atoms with Crippen LogP contribution in [0.2, 0.25) is 0 Å². The van der Waals surface area contributed by atoms with Crippen LogP contribution >= 0.6 is 0 Å². The average Bonchev–Trinajstić information content (AvgIpc) is 2.92. The molecule has 2 saturated heterocycles. The number of alkyl halides is 1. The lowest BCUT2D eigenvalue weighted by atomic mass is 9.70. The summed E-state index contributed by atoms with van der Waals surface area (Å²) in [5.74, 6) is -0.978. The lowest BCUT2D eigenvalue weighted by Crippen LogP contribution is -2.63. The summed E-state index contributed by atoms with van der Waals surface area (Å²) in [6.07, 6.45) is 4.81. The van der Waals surface area contributed by atoms with Gasteiger partial charge < -0.3 is 26.8 Å². The number of methoxy groups -OCH3 is 1. The third-order valence-electron chi connectivity index (χ3n) is 9.46. The second-order valence-electron chi connectivity index (χ2n) is 11.7. The number of carbonyl (C=O) groups is 1. The van der Waals surface area contributed by atoms with Crippen LogP contribution in [0, 0.1) is 11.3 Å². The molecule has 39 heavy (non-hydrogen) atoms. The maximum absolute atomic E-state index is 14.5. The normalized spacial score (nSPS) is 30.0. The molecule has 0 aromatic rings. The monoisotopic (exact) mass is 574 g/mol. The molecular weight excluding hydrogens is 523 g/mol. The Bertz CT molecular complexity index is 908. The Morgan fingerprint density at radius 1 is 1.23 bits per heavy atom. The van der Waals surface area contributed by atoms with Gasteiger partial charge in [-0.2, -0.15) is 0 Å². The highest BCUT2D eigenvalue weighted by molar-refractivity contribution is 7.92. The van der Waals surface area contributed by atoms with Crippen molar-refractivity contribution in [1.82, 2.24) is 15.5 Å². The fourth-order valence-corrected chi connectivity index (χ4v) is 8.34. The minimum atomic E-state index is -3.19. The summed E-state index contributed by atoms with van der Waals surface area (Å²) in [6.45, 7) is 7.18. The zero-order valence-electron chi connectivity index (χ0n) is 24.0. The SMILES string of the molecule is CCC1(CC)CCC(F)C=NC(C(C(=O)NC2CNCCC2N2CCC(S(=O)(=O)CCOC)CC2)C(N)N)C1. The van der Waals surface area contributed by atoms with Crippen LogP contribution in [0.1, 0.15) is 65.2 Å². The van der Waals surface area contributed by atoms with E-state index in [1.165, 1.54) is 13.3 Å². The Labute approximate surface area is 234 Å². The van der Waals surface area contributed by atoms with Crippen LogP contribution in [0.4, 0.5) is 4.39 Å². The highest BCUT2D eigenvalue weighted by atomic mass is 32.2. The molecule has 3 heterocycles. The van der Waals surface area contributed by atoms with E-state index in [2.05, 4.69) is 34.4 Å². The average molecular weight is 575 g/mol. The molecule has 5 unspecified atom stereocenters. The number of hydrogen-bond acceptors (Lipinski definition) is 9. The fraction of sp³-hybridized carbons (Fsp3) is 0.926. The van der Waals surface area contributed by atoms with E-state index in [9.17, 15) is 17.6 Å². The molecule has 0 saturated carbocycles. The number of rotatable bonds is 11. The molecule has 226 valence electrons. The summed E-state index contributed by atoms with van der Waals surface area (Å²) in [4.78, 5) is 20.6. The minimum Gasteiger partial charge on any atom is -0.384 e. The van der Waals surface area contributed by atoms with Crippen LogP contribution in [0.5, 0.6) is 0 Å². The Balaban J connectivity index is 1.71. The first-order valence-corrected chi connectivity index (χ1v) is 16.4. The van der Waals surface area contributed by atoms with Crippen molar-refractivity contribution in [2.24, 2.45) is 27.8 Å². The van der Waals surface area contributed by atoms with Gasteiger partial charge in [-0.15, -0.1) is 0 Å². The third kappa shape index (κ3) is 8.42. The quantitative estimate of drug-likeness (QED) is 0.267. The van der Waals surface area contributed by atoms with Crippen molar-refractivity contribution >= 4 is 22.0 Å². The molecule has 0 aliphatic carbocycles. The molecule has 3 aliphatic heterocycles. The van der Waals surface area contributed by atoms with Crippen molar-refractivity contribution < 1.29 is 22.3 Å². The Morgan fingerprint density at radius 3 is 2.54 bits per heavy atom. The zero-order chi connectivity index (χ0) is 28.6. The Kier molecular flexibility index (Phi) is 12.1. The molecule has 0 radical (unpaired) electrons. The molecule has 0 bridgehead atoms. The van der Waals surface area contributed by atoms with Gasteiger partial charge in [0, 0.05) is 25.9 Å². The number of piperidine rings is 2. The highest BCUT2D eigenvalue weighted by Gasteiger charge is 2.42. The van der Waals surface area contributed by atoms with E-state index in [1.807, 2.05) is 0 Å². The summed E-state index contributed by atoms with van der Waals surface area (Å²) in [5, 5.41) is 6.24. The van der Waals surface area contributed by atoms with Gasteiger partial charge in [-0.05, 0) is 63.6 Å². The summed E-state index contributed by atoms with van der Waals surface area (Å²) in [5.41, 5.74) is 12.3. The predicted molar refractivity (Wildman–Crippen MR) is 153 cm³/mol. The van der Waals surface area contributed by atoms with E-state index in [0.717, 1.165) is 32.2 Å². The van der Waals surface area contributed by atoms with E-state index in [1.54, 1.807) is 0 Å². The van der Waals surface area contributed by atoms with Crippen molar-refractivity contribution in [1.29, 1.82) is 0 Å². The van der Waals surface area contributed by atoms with Crippen molar-refractivity contribution in [2.75, 3.05) is 45.6 Å². The van der Waals surface area contributed by atoms with Gasteiger partial charge in [0.1, 0.15) is 6.17 Å². The van der Waals surface area contributed by atoms with E-state index in [-0.39, 0.29) is 41.0 Å². The molecule has 5 atom stereocenters. The third-order valence-corrected chi connectivity index (χ3v) is 11.7. The van der Waals surface area contributed by atoms with Gasteiger partial charge in [0.05, 0.1) is 41.8 Å². The molecule has 1 amide bonds. The van der Waals surface area contributed by atoms with E-state index in [4.69, 9.17) is 16.2 Å². The molecule has 3 rings (SSSR count). The van der Waals surface area contributed by atoms with Crippen molar-refractivity contribution in [2.45, 2.75) is 101 Å². The Morgan fingerprint density at radius 2 is 1.92 bits per heavy atom. The van der Waals surface area contributed by atoms with Crippen molar-refractivity contribution in [3.8, 4) is 0 Å². The molecule has 2 fully saturated rings. The van der Waals surface area contributed by atoms with Crippen LogP contribution in [-0.2, 0) is 19.4 Å². The smallest absolute Gasteiger partial charge is 0.228 e. The van der Waals surface area contributed by atoms with Gasteiger partial charge in [0.2, 0.25) is 5.91 Å². The topological polar surface area (TPSA) is 152 Å². The molecular formula is C27H51FN6O4S. The first-order valence-electron chi connectivity index (χ1n) is 14.7. The number of likely N-dealkylation sites (tertiary alicyclic amines) is 1. The standard InChI is InChI=1S/C27H51FN6O4S/c1-4-27(5-2)10-6-19(28)17-32-21(16-27)24(25(29)30)26(35)33-22-18-31-11-7-23(22)34-12-8-20(9-13-34)39(36,37)15-14-38-3/h17,19-25,31H,4-16,18,29-30H2,1-3H3,(H,33,35). The van der Waals surface area contributed by atoms with Crippen LogP contribution < -0.4 is 22.1 Å². The molecule has 0 spiro atoms. The molecule has 12 heteroatoms. The predicted octanol–water partition coefficient (Wildman–Crippen LogP) is 0.986. The van der Waals surface area contributed by atoms with Gasteiger partial charge in [0.15, 0.2) is 9.84 Å². The number of nitrogens with zero attached hydrogens (tertiary/aromatic N) is 2. The van der Waals surface area contributed by atoms with Crippen LogP contribution in [0.25, 0.3) is 0 Å². The maximum atomic E-state index is 14.5. The number of nitrogens with one attached hydrogen (secondary N) is 2. The van der Waals surface area contributed by atoms with E-state index >= 15 is 0 Å². The van der Waals surface area contributed by atoms with Crippen LogP contribution in [-0.4, -0.2) is 107 Å². The maximum Gasteiger partial charge on any atom is 0.228 e. The second-order valence-corrected chi connectivity index (χ2v) is 14.1. The number of ether oxygens (including phenoxy) is 1. The van der Waals surface area contributed by atoms with E-state index < -0.39 is 34.1 Å². The largest absolute Gasteiger partial charge is 0.384 e. The summed E-state index contributed by atoms with van der Waals surface area (Å²) in [6, 6.07) is -0.594. The lowest BCUT2D eigenvalue weighted by molar-refractivity contribution is -0.128. The number of aliphatic imine (C=N–C) groups is 1. The zero-order valence-corrected chi connectivity index (χ0v) is 24.8. The van der Waals surface area contributed by atoms with Gasteiger partial charge in [-0.25, -0.2) is 12.8 Å². The van der Waals surface area contributed by atoms with E-state index in [0.29, 0.717) is 45.3 Å². The number of carbonyl (C=O) groups excluding carboxylic acids is 1.